The Bertz CT molecular complexity index is 838. The molecule has 2 aromatic rings. The van der Waals surface area contributed by atoms with Gasteiger partial charge in [-0.05, 0) is 55.0 Å². The van der Waals surface area contributed by atoms with E-state index in [1.54, 1.807) is 0 Å². The highest BCUT2D eigenvalue weighted by molar-refractivity contribution is 5.90. The van der Waals surface area contributed by atoms with E-state index >= 15 is 0 Å². The van der Waals surface area contributed by atoms with Gasteiger partial charge in [-0.2, -0.15) is 0 Å². The Morgan fingerprint density at radius 1 is 1.19 bits per heavy atom. The number of allylic oxidation sites excluding steroid dienone is 2. The summed E-state index contributed by atoms with van der Waals surface area (Å²) in [5, 5.41) is 3.72. The second kappa shape index (κ2) is 6.99. The summed E-state index contributed by atoms with van der Waals surface area (Å²) in [5.41, 5.74) is 5.58. The standard InChI is InChI=1S/C23H25NO2/c1-3-13-26-23(25)17-11-12-21-20(14-17)18-5-4-6-19(18)22(24-21)16-9-7-15(2)8-10-16/h4-5,7-12,14,18-19,22,24H,3,6,13H2,1-2H3. The van der Waals surface area contributed by atoms with Crippen LogP contribution in [0.4, 0.5) is 5.69 Å². The van der Waals surface area contributed by atoms with Crippen molar-refractivity contribution in [1.29, 1.82) is 0 Å². The van der Waals surface area contributed by atoms with Gasteiger partial charge in [-0.25, -0.2) is 4.79 Å². The third-order valence-corrected chi connectivity index (χ3v) is 5.47. The van der Waals surface area contributed by atoms with Crippen LogP contribution in [0.2, 0.25) is 0 Å². The quantitative estimate of drug-likeness (QED) is 0.595. The lowest BCUT2D eigenvalue weighted by Crippen LogP contribution is -2.29. The number of rotatable bonds is 4. The van der Waals surface area contributed by atoms with Gasteiger partial charge in [0.1, 0.15) is 0 Å². The van der Waals surface area contributed by atoms with E-state index in [0.29, 0.717) is 30.0 Å². The van der Waals surface area contributed by atoms with Crippen molar-refractivity contribution >= 4 is 11.7 Å². The van der Waals surface area contributed by atoms with E-state index < -0.39 is 0 Å². The summed E-state index contributed by atoms with van der Waals surface area (Å²) in [6.45, 7) is 4.59. The average molecular weight is 347 g/mol. The largest absolute Gasteiger partial charge is 0.462 e. The highest BCUT2D eigenvalue weighted by Gasteiger charge is 2.38. The van der Waals surface area contributed by atoms with Crippen LogP contribution in [0, 0.1) is 12.8 Å². The monoisotopic (exact) mass is 347 g/mol. The molecule has 0 aromatic heterocycles. The highest BCUT2D eigenvalue weighted by Crippen LogP contribution is 2.49. The lowest BCUT2D eigenvalue weighted by Gasteiger charge is -2.37. The number of ether oxygens (including phenoxy) is 1. The topological polar surface area (TPSA) is 38.3 Å². The number of hydrogen-bond donors (Lipinski definition) is 1. The Hall–Kier alpha value is -2.55. The van der Waals surface area contributed by atoms with E-state index in [0.717, 1.165) is 18.5 Å². The van der Waals surface area contributed by atoms with Gasteiger partial charge in [0.25, 0.3) is 0 Å². The zero-order valence-electron chi connectivity index (χ0n) is 15.4. The number of benzene rings is 2. The Labute approximate surface area is 155 Å². The minimum absolute atomic E-state index is 0.228. The van der Waals surface area contributed by atoms with Crippen molar-refractivity contribution < 1.29 is 9.53 Å². The predicted octanol–water partition coefficient (Wildman–Crippen LogP) is 5.39. The molecule has 1 aliphatic carbocycles. The van der Waals surface area contributed by atoms with Crippen LogP contribution >= 0.6 is 0 Å². The number of fused-ring (bicyclic) bond motifs is 3. The van der Waals surface area contributed by atoms with Crippen LogP contribution in [-0.2, 0) is 4.74 Å². The molecule has 134 valence electrons. The molecule has 1 aliphatic heterocycles. The molecule has 3 heteroatoms. The molecule has 3 nitrogen and oxygen atoms in total. The molecule has 1 N–H and O–H groups in total. The van der Waals surface area contributed by atoms with Gasteiger partial charge in [-0.15, -0.1) is 0 Å². The first-order valence-electron chi connectivity index (χ1n) is 9.48. The molecule has 4 rings (SSSR count). The molecule has 1 heterocycles. The molecule has 2 aromatic carbocycles. The summed E-state index contributed by atoms with van der Waals surface area (Å²) in [7, 11) is 0. The van der Waals surface area contributed by atoms with E-state index in [1.165, 1.54) is 16.7 Å². The van der Waals surface area contributed by atoms with Crippen molar-refractivity contribution in [1.82, 2.24) is 0 Å². The number of hydrogen-bond acceptors (Lipinski definition) is 3. The molecule has 2 aliphatic rings. The van der Waals surface area contributed by atoms with Gasteiger partial charge in [0.15, 0.2) is 0 Å². The normalized spacial score (nSPS) is 23.1. The maximum atomic E-state index is 12.2. The van der Waals surface area contributed by atoms with Gasteiger partial charge in [0, 0.05) is 11.6 Å². The molecular formula is C23H25NO2. The fourth-order valence-electron chi connectivity index (χ4n) is 4.10. The van der Waals surface area contributed by atoms with Crippen molar-refractivity contribution in [3.05, 3.63) is 76.9 Å². The van der Waals surface area contributed by atoms with Crippen molar-refractivity contribution in [3.8, 4) is 0 Å². The van der Waals surface area contributed by atoms with Gasteiger partial charge in [0.05, 0.1) is 18.2 Å². The van der Waals surface area contributed by atoms with Gasteiger partial charge in [0.2, 0.25) is 0 Å². The van der Waals surface area contributed by atoms with Crippen LogP contribution in [0.15, 0.2) is 54.6 Å². The number of carbonyl (C=O) groups is 1. The molecule has 0 spiro atoms. The zero-order chi connectivity index (χ0) is 18.1. The molecule has 0 saturated carbocycles. The molecule has 0 saturated heterocycles. The third-order valence-electron chi connectivity index (χ3n) is 5.47. The van der Waals surface area contributed by atoms with E-state index in [4.69, 9.17) is 4.74 Å². The molecule has 26 heavy (non-hydrogen) atoms. The number of anilines is 1. The SMILES string of the molecule is CCCOC(=O)c1ccc2c(c1)C1C=CCC1C(c1ccc(C)cc1)N2. The number of aryl methyl sites for hydroxylation is 1. The average Bonchev–Trinajstić information content (AvgIpc) is 3.16. The minimum atomic E-state index is -0.228. The molecular weight excluding hydrogens is 322 g/mol. The van der Waals surface area contributed by atoms with Crippen LogP contribution < -0.4 is 5.32 Å². The molecule has 0 radical (unpaired) electrons. The first-order chi connectivity index (χ1) is 12.7. The summed E-state index contributed by atoms with van der Waals surface area (Å²) < 4.78 is 5.30. The minimum Gasteiger partial charge on any atom is -0.462 e. The Morgan fingerprint density at radius 3 is 2.77 bits per heavy atom. The van der Waals surface area contributed by atoms with Crippen LogP contribution in [0.3, 0.4) is 0 Å². The van der Waals surface area contributed by atoms with Crippen molar-refractivity contribution in [3.63, 3.8) is 0 Å². The summed E-state index contributed by atoms with van der Waals surface area (Å²) in [5.74, 6) is 0.595. The van der Waals surface area contributed by atoms with E-state index in [9.17, 15) is 4.79 Å². The fourth-order valence-corrected chi connectivity index (χ4v) is 4.10. The van der Waals surface area contributed by atoms with Gasteiger partial charge in [-0.1, -0.05) is 48.9 Å². The van der Waals surface area contributed by atoms with Crippen LogP contribution in [-0.4, -0.2) is 12.6 Å². The first-order valence-corrected chi connectivity index (χ1v) is 9.48. The van der Waals surface area contributed by atoms with Crippen molar-refractivity contribution in [2.75, 3.05) is 11.9 Å². The lowest BCUT2D eigenvalue weighted by atomic mass is 9.76. The molecule has 0 fully saturated rings. The maximum absolute atomic E-state index is 12.2. The van der Waals surface area contributed by atoms with E-state index in [-0.39, 0.29) is 5.97 Å². The number of carbonyl (C=O) groups excluding carboxylic acids is 1. The fraction of sp³-hybridized carbons (Fsp3) is 0.348. The Kier molecular flexibility index (Phi) is 4.54. The second-order valence-corrected chi connectivity index (χ2v) is 7.32. The van der Waals surface area contributed by atoms with Crippen LogP contribution in [0.1, 0.15) is 58.8 Å². The Morgan fingerprint density at radius 2 is 2.00 bits per heavy atom. The van der Waals surface area contributed by atoms with E-state index in [2.05, 4.69) is 48.7 Å². The Balaban J connectivity index is 1.66. The maximum Gasteiger partial charge on any atom is 0.338 e. The summed E-state index contributed by atoms with van der Waals surface area (Å²) in [4.78, 5) is 12.2. The highest BCUT2D eigenvalue weighted by atomic mass is 16.5. The van der Waals surface area contributed by atoms with Crippen LogP contribution in [0.25, 0.3) is 0 Å². The first kappa shape index (κ1) is 16.9. The molecule has 3 unspecified atom stereocenters. The van der Waals surface area contributed by atoms with E-state index in [1.807, 2.05) is 25.1 Å². The van der Waals surface area contributed by atoms with Crippen LogP contribution in [0.5, 0.6) is 0 Å². The molecule has 3 atom stereocenters. The molecule has 0 amide bonds. The number of nitrogens with one attached hydrogen (secondary N) is 1. The summed E-state index contributed by atoms with van der Waals surface area (Å²) in [6.07, 6.45) is 6.46. The van der Waals surface area contributed by atoms with Gasteiger partial charge in [-0.3, -0.25) is 0 Å². The van der Waals surface area contributed by atoms with Gasteiger partial charge < -0.3 is 10.1 Å². The summed E-state index contributed by atoms with van der Waals surface area (Å²) in [6, 6.07) is 15.0. The predicted molar refractivity (Wildman–Crippen MR) is 105 cm³/mol. The van der Waals surface area contributed by atoms with Gasteiger partial charge >= 0.3 is 5.97 Å². The number of esters is 1. The zero-order valence-corrected chi connectivity index (χ0v) is 15.4. The smallest absolute Gasteiger partial charge is 0.338 e. The third kappa shape index (κ3) is 3.03. The van der Waals surface area contributed by atoms with Crippen molar-refractivity contribution in [2.45, 2.75) is 38.6 Å². The second-order valence-electron chi connectivity index (χ2n) is 7.32. The molecule has 0 bridgehead atoms. The van der Waals surface area contributed by atoms with Crippen molar-refractivity contribution in [2.24, 2.45) is 5.92 Å². The lowest BCUT2D eigenvalue weighted by molar-refractivity contribution is 0.0505. The summed E-state index contributed by atoms with van der Waals surface area (Å²) >= 11 is 0.